The Hall–Kier alpha value is -2.12. The summed E-state index contributed by atoms with van der Waals surface area (Å²) in [5.74, 6) is 0.0822. The number of benzene rings is 1. The summed E-state index contributed by atoms with van der Waals surface area (Å²) < 4.78 is 0. The Morgan fingerprint density at radius 1 is 1.28 bits per heavy atom. The Bertz CT molecular complexity index is 626. The van der Waals surface area contributed by atoms with E-state index in [4.69, 9.17) is 5.26 Å². The van der Waals surface area contributed by atoms with Crippen LogP contribution < -0.4 is 5.32 Å². The summed E-state index contributed by atoms with van der Waals surface area (Å²) >= 11 is 0. The van der Waals surface area contributed by atoms with E-state index in [1.165, 1.54) is 31.3 Å². The van der Waals surface area contributed by atoms with E-state index in [0.29, 0.717) is 18.7 Å². The zero-order valence-electron chi connectivity index (χ0n) is 15.4. The Balaban J connectivity index is 1.80. The van der Waals surface area contributed by atoms with Gasteiger partial charge in [-0.2, -0.15) is 5.26 Å². The Labute approximate surface area is 151 Å². The lowest BCUT2D eigenvalue weighted by Crippen LogP contribution is -2.40. The molecule has 0 aliphatic heterocycles. The number of allylic oxidation sites excluding steroid dienone is 1. The maximum atomic E-state index is 12.3. The van der Waals surface area contributed by atoms with Gasteiger partial charge in [-0.05, 0) is 63.6 Å². The Kier molecular flexibility index (Phi) is 7.69. The van der Waals surface area contributed by atoms with Crippen molar-refractivity contribution >= 4 is 5.91 Å². The van der Waals surface area contributed by atoms with Gasteiger partial charge in [0.15, 0.2) is 0 Å². The molecule has 4 heteroatoms. The normalized spacial score (nSPS) is 14.3. The molecule has 134 valence electrons. The number of amides is 1. The van der Waals surface area contributed by atoms with E-state index >= 15 is 0 Å². The average molecular weight is 339 g/mol. The molecule has 0 spiro atoms. The van der Waals surface area contributed by atoms with Crippen LogP contribution in [0, 0.1) is 11.3 Å². The molecule has 1 amide bonds. The third-order valence-corrected chi connectivity index (χ3v) is 4.70. The van der Waals surface area contributed by atoms with Gasteiger partial charge in [-0.1, -0.05) is 23.8 Å². The lowest BCUT2D eigenvalue weighted by atomic mass is 9.97. The van der Waals surface area contributed by atoms with Crippen molar-refractivity contribution in [2.24, 2.45) is 0 Å². The van der Waals surface area contributed by atoms with Gasteiger partial charge < -0.3 is 5.32 Å². The number of nitriles is 1. The molecular formula is C21H29N3O. The Morgan fingerprint density at radius 3 is 2.64 bits per heavy atom. The quantitative estimate of drug-likeness (QED) is 0.733. The zero-order valence-corrected chi connectivity index (χ0v) is 15.4. The second kappa shape index (κ2) is 10.0. The molecule has 4 nitrogen and oxygen atoms in total. The first-order valence-electron chi connectivity index (χ1n) is 9.26. The fraction of sp³-hybridized carbons (Fsp3) is 0.524. The highest BCUT2D eigenvalue weighted by atomic mass is 16.2. The molecule has 0 radical (unpaired) electrons. The lowest BCUT2D eigenvalue weighted by Gasteiger charge is -2.26. The van der Waals surface area contributed by atoms with Crippen LogP contribution in [0.3, 0.4) is 0 Å². The molecule has 2 rings (SSSR count). The second-order valence-corrected chi connectivity index (χ2v) is 7.02. The number of carbonyl (C=O) groups is 1. The van der Waals surface area contributed by atoms with Crippen molar-refractivity contribution in [1.29, 1.82) is 5.26 Å². The van der Waals surface area contributed by atoms with Gasteiger partial charge in [-0.3, -0.25) is 9.69 Å². The summed E-state index contributed by atoms with van der Waals surface area (Å²) in [6.45, 7) is 6.04. The van der Waals surface area contributed by atoms with E-state index in [9.17, 15) is 4.79 Å². The van der Waals surface area contributed by atoms with Crippen LogP contribution in [0.4, 0.5) is 0 Å². The monoisotopic (exact) mass is 339 g/mol. The van der Waals surface area contributed by atoms with Crippen LogP contribution in [0.25, 0.3) is 0 Å². The third kappa shape index (κ3) is 6.72. The van der Waals surface area contributed by atoms with Crippen LogP contribution >= 0.6 is 0 Å². The maximum Gasteiger partial charge on any atom is 0.234 e. The molecule has 0 bridgehead atoms. The van der Waals surface area contributed by atoms with Crippen LogP contribution in [0.2, 0.25) is 0 Å². The summed E-state index contributed by atoms with van der Waals surface area (Å²) in [7, 11) is 0. The van der Waals surface area contributed by atoms with Crippen LogP contribution in [0.1, 0.15) is 57.1 Å². The molecule has 25 heavy (non-hydrogen) atoms. The molecule has 1 N–H and O–H groups in total. The molecule has 0 saturated heterocycles. The smallest absolute Gasteiger partial charge is 0.234 e. The van der Waals surface area contributed by atoms with Crippen molar-refractivity contribution < 1.29 is 4.79 Å². The first kappa shape index (κ1) is 19.2. The minimum atomic E-state index is 0.0822. The molecule has 0 atom stereocenters. The summed E-state index contributed by atoms with van der Waals surface area (Å²) in [4.78, 5) is 14.4. The van der Waals surface area contributed by atoms with Gasteiger partial charge in [0, 0.05) is 19.1 Å². The fourth-order valence-corrected chi connectivity index (χ4v) is 3.07. The van der Waals surface area contributed by atoms with Crippen molar-refractivity contribution in [3.05, 3.63) is 47.0 Å². The molecule has 0 aromatic heterocycles. The van der Waals surface area contributed by atoms with Gasteiger partial charge in [0.25, 0.3) is 0 Å². The molecule has 1 aromatic carbocycles. The summed E-state index contributed by atoms with van der Waals surface area (Å²) in [5.41, 5.74) is 3.27. The molecule has 1 aliphatic carbocycles. The topological polar surface area (TPSA) is 56.1 Å². The van der Waals surface area contributed by atoms with E-state index in [1.54, 1.807) is 0 Å². The van der Waals surface area contributed by atoms with Crippen LogP contribution in [0.5, 0.6) is 0 Å². The zero-order chi connectivity index (χ0) is 18.1. The number of nitrogens with one attached hydrogen (secondary N) is 1. The SMILES string of the molecule is CC(C)N(CC(=O)NCCC1=CCCCC1)Cc1ccc(C#N)cc1. The minimum absolute atomic E-state index is 0.0822. The Morgan fingerprint density at radius 2 is 2.04 bits per heavy atom. The summed E-state index contributed by atoms with van der Waals surface area (Å²) in [6.07, 6.45) is 8.27. The van der Waals surface area contributed by atoms with Gasteiger partial charge in [0.05, 0.1) is 18.2 Å². The first-order chi connectivity index (χ1) is 12.1. The fourth-order valence-electron chi connectivity index (χ4n) is 3.07. The molecule has 1 aliphatic rings. The van der Waals surface area contributed by atoms with E-state index in [-0.39, 0.29) is 11.9 Å². The van der Waals surface area contributed by atoms with E-state index in [1.807, 2.05) is 24.3 Å². The minimum Gasteiger partial charge on any atom is -0.355 e. The van der Waals surface area contributed by atoms with E-state index in [0.717, 1.165) is 18.5 Å². The molecule has 0 unspecified atom stereocenters. The van der Waals surface area contributed by atoms with Gasteiger partial charge >= 0.3 is 0 Å². The highest BCUT2D eigenvalue weighted by Gasteiger charge is 2.14. The maximum absolute atomic E-state index is 12.3. The third-order valence-electron chi connectivity index (χ3n) is 4.70. The highest BCUT2D eigenvalue weighted by Crippen LogP contribution is 2.19. The average Bonchev–Trinajstić information content (AvgIpc) is 2.62. The predicted octanol–water partition coefficient (Wildman–Crippen LogP) is 3.78. The molecule has 0 heterocycles. The molecular weight excluding hydrogens is 310 g/mol. The largest absolute Gasteiger partial charge is 0.355 e. The number of carbonyl (C=O) groups excluding carboxylic acids is 1. The van der Waals surface area contributed by atoms with Crippen molar-refractivity contribution in [2.45, 2.75) is 58.5 Å². The second-order valence-electron chi connectivity index (χ2n) is 7.02. The van der Waals surface area contributed by atoms with Crippen molar-refractivity contribution in [3.63, 3.8) is 0 Å². The lowest BCUT2D eigenvalue weighted by molar-refractivity contribution is -0.122. The van der Waals surface area contributed by atoms with Crippen molar-refractivity contribution in [1.82, 2.24) is 10.2 Å². The number of hydrogen-bond acceptors (Lipinski definition) is 3. The van der Waals surface area contributed by atoms with Gasteiger partial charge in [0.1, 0.15) is 0 Å². The van der Waals surface area contributed by atoms with Crippen LogP contribution in [-0.4, -0.2) is 29.9 Å². The van der Waals surface area contributed by atoms with Gasteiger partial charge in [0.2, 0.25) is 5.91 Å². The summed E-state index contributed by atoms with van der Waals surface area (Å²) in [5, 5.41) is 11.9. The van der Waals surface area contributed by atoms with Crippen molar-refractivity contribution in [2.75, 3.05) is 13.1 Å². The van der Waals surface area contributed by atoms with E-state index < -0.39 is 0 Å². The van der Waals surface area contributed by atoms with E-state index in [2.05, 4.69) is 36.2 Å². The molecule has 1 aromatic rings. The van der Waals surface area contributed by atoms with Crippen LogP contribution in [-0.2, 0) is 11.3 Å². The molecule has 0 saturated carbocycles. The number of nitrogens with zero attached hydrogens (tertiary/aromatic N) is 2. The van der Waals surface area contributed by atoms with Crippen LogP contribution in [0.15, 0.2) is 35.9 Å². The number of rotatable bonds is 8. The summed E-state index contributed by atoms with van der Waals surface area (Å²) in [6, 6.07) is 9.98. The highest BCUT2D eigenvalue weighted by molar-refractivity contribution is 5.78. The predicted molar refractivity (Wildman–Crippen MR) is 101 cm³/mol. The first-order valence-corrected chi connectivity index (χ1v) is 9.26. The van der Waals surface area contributed by atoms with Gasteiger partial charge in [-0.15, -0.1) is 0 Å². The standard InChI is InChI=1S/C21H29N3O/c1-17(2)24(15-20-10-8-19(14-22)9-11-20)16-21(25)23-13-12-18-6-4-3-5-7-18/h6,8-11,17H,3-5,7,12-13,15-16H2,1-2H3,(H,23,25). The van der Waals surface area contributed by atoms with Gasteiger partial charge in [-0.25, -0.2) is 0 Å². The number of hydrogen-bond donors (Lipinski definition) is 1. The van der Waals surface area contributed by atoms with Crippen molar-refractivity contribution in [3.8, 4) is 6.07 Å². The molecule has 0 fully saturated rings.